The molecule has 3 heteroatoms. The number of hydrogen-bond acceptors (Lipinski definition) is 2. The molecule has 0 amide bonds. The fraction of sp³-hybridized carbons (Fsp3) is 1.00. The third-order valence-electron chi connectivity index (χ3n) is 0.697. The molecule has 0 atom stereocenters. The second kappa shape index (κ2) is 7.52. The predicted molar refractivity (Wildman–Crippen MR) is 39.3 cm³/mol. The van der Waals surface area contributed by atoms with Crippen molar-refractivity contribution in [2.75, 3.05) is 13.1 Å². The standard InChI is InChI=1S/C5H14N2.Li.H/c1-5(2)7-4-3-6;;/h5,7H,3-4,6H2,1-2H3;;. The number of rotatable bonds is 3. The Kier molecular flexibility index (Phi) is 10.6. The summed E-state index contributed by atoms with van der Waals surface area (Å²) in [7, 11) is 0. The minimum absolute atomic E-state index is 0. The first-order valence-electron chi connectivity index (χ1n) is 2.71. The zero-order chi connectivity index (χ0) is 5.70. The van der Waals surface area contributed by atoms with Crippen molar-refractivity contribution in [3.63, 3.8) is 0 Å². The topological polar surface area (TPSA) is 38.0 Å². The number of nitrogens with one attached hydrogen (secondary N) is 1. The van der Waals surface area contributed by atoms with E-state index in [4.69, 9.17) is 5.73 Å². The molecule has 0 aromatic carbocycles. The summed E-state index contributed by atoms with van der Waals surface area (Å²) in [5.41, 5.74) is 5.21. The van der Waals surface area contributed by atoms with Gasteiger partial charge in [0.2, 0.25) is 0 Å². The van der Waals surface area contributed by atoms with Gasteiger partial charge in [0.25, 0.3) is 0 Å². The number of nitrogens with two attached hydrogens (primary N) is 1. The van der Waals surface area contributed by atoms with Crippen molar-refractivity contribution >= 4 is 18.9 Å². The van der Waals surface area contributed by atoms with E-state index in [2.05, 4.69) is 19.2 Å². The average molecular weight is 110 g/mol. The van der Waals surface area contributed by atoms with E-state index in [1.807, 2.05) is 0 Å². The van der Waals surface area contributed by atoms with Gasteiger partial charge < -0.3 is 11.1 Å². The summed E-state index contributed by atoms with van der Waals surface area (Å²) in [5, 5.41) is 3.17. The van der Waals surface area contributed by atoms with Crippen molar-refractivity contribution in [1.82, 2.24) is 5.32 Å². The molecule has 0 spiro atoms. The van der Waals surface area contributed by atoms with Crippen LogP contribution in [-0.4, -0.2) is 38.0 Å². The average Bonchev–Trinajstić information content (AvgIpc) is 1.61. The third kappa shape index (κ3) is 9.72. The third-order valence-corrected chi connectivity index (χ3v) is 0.697. The van der Waals surface area contributed by atoms with Gasteiger partial charge in [-0.2, -0.15) is 0 Å². The molecule has 2 nitrogen and oxygen atoms in total. The molecule has 0 saturated heterocycles. The van der Waals surface area contributed by atoms with Crippen LogP contribution in [0, 0.1) is 0 Å². The van der Waals surface area contributed by atoms with Crippen LogP contribution in [0.4, 0.5) is 0 Å². The quantitative estimate of drug-likeness (QED) is 0.471. The summed E-state index contributed by atoms with van der Waals surface area (Å²) in [6, 6.07) is 0.573. The molecule has 0 fully saturated rings. The zero-order valence-corrected chi connectivity index (χ0v) is 5.07. The fourth-order valence-electron chi connectivity index (χ4n) is 0.372. The van der Waals surface area contributed by atoms with E-state index in [9.17, 15) is 0 Å². The van der Waals surface area contributed by atoms with Crippen LogP contribution in [0.5, 0.6) is 0 Å². The molecule has 0 aromatic heterocycles. The van der Waals surface area contributed by atoms with Crippen LogP contribution in [0.1, 0.15) is 13.8 Å². The Morgan fingerprint density at radius 3 is 2.12 bits per heavy atom. The van der Waals surface area contributed by atoms with Crippen molar-refractivity contribution in [2.24, 2.45) is 5.73 Å². The maximum atomic E-state index is 5.21. The van der Waals surface area contributed by atoms with E-state index >= 15 is 0 Å². The summed E-state index contributed by atoms with van der Waals surface area (Å²) in [4.78, 5) is 0. The van der Waals surface area contributed by atoms with Crippen molar-refractivity contribution in [3.8, 4) is 0 Å². The van der Waals surface area contributed by atoms with E-state index in [0.29, 0.717) is 6.04 Å². The van der Waals surface area contributed by atoms with Crippen LogP contribution in [0.3, 0.4) is 0 Å². The summed E-state index contributed by atoms with van der Waals surface area (Å²) < 4.78 is 0. The van der Waals surface area contributed by atoms with E-state index < -0.39 is 0 Å². The molecule has 0 aliphatic rings. The zero-order valence-electron chi connectivity index (χ0n) is 5.07. The van der Waals surface area contributed by atoms with Crippen LogP contribution < -0.4 is 11.1 Å². The molecule has 0 radical (unpaired) electrons. The SMILES string of the molecule is CC(C)NCCN.[LiH]. The predicted octanol–water partition coefficient (Wildman–Crippen LogP) is -0.705. The summed E-state index contributed by atoms with van der Waals surface area (Å²) in [5.74, 6) is 0. The van der Waals surface area contributed by atoms with Gasteiger partial charge in [0.1, 0.15) is 0 Å². The molecule has 0 saturated carbocycles. The summed E-state index contributed by atoms with van der Waals surface area (Å²) >= 11 is 0. The van der Waals surface area contributed by atoms with E-state index in [-0.39, 0.29) is 18.9 Å². The molecule has 0 rings (SSSR count). The Bertz CT molecular complexity index is 39.4. The van der Waals surface area contributed by atoms with Gasteiger partial charge in [0.05, 0.1) is 0 Å². The Morgan fingerprint density at radius 2 is 2.00 bits per heavy atom. The van der Waals surface area contributed by atoms with Crippen LogP contribution in [0.2, 0.25) is 0 Å². The van der Waals surface area contributed by atoms with Gasteiger partial charge >= 0.3 is 18.9 Å². The van der Waals surface area contributed by atoms with E-state index in [1.165, 1.54) is 0 Å². The molecule has 0 heterocycles. The molecule has 0 bridgehead atoms. The minimum atomic E-state index is 0. The molecule has 3 N–H and O–H groups in total. The molecular weight excluding hydrogens is 95.0 g/mol. The fourth-order valence-corrected chi connectivity index (χ4v) is 0.372. The molecular formula is C5H15LiN2. The van der Waals surface area contributed by atoms with Gasteiger partial charge in [0, 0.05) is 19.1 Å². The van der Waals surface area contributed by atoms with Gasteiger partial charge in [-0.1, -0.05) is 13.8 Å². The molecule has 0 unspecified atom stereocenters. The second-order valence-corrected chi connectivity index (χ2v) is 1.90. The second-order valence-electron chi connectivity index (χ2n) is 1.90. The van der Waals surface area contributed by atoms with Gasteiger partial charge in [-0.15, -0.1) is 0 Å². The molecule has 46 valence electrons. The Hall–Kier alpha value is 0.517. The molecule has 8 heavy (non-hydrogen) atoms. The normalized spacial score (nSPS) is 9.00. The molecule has 0 aliphatic carbocycles. The van der Waals surface area contributed by atoms with E-state index in [0.717, 1.165) is 13.1 Å². The van der Waals surface area contributed by atoms with Gasteiger partial charge in [-0.3, -0.25) is 0 Å². The summed E-state index contributed by atoms with van der Waals surface area (Å²) in [6.07, 6.45) is 0. The van der Waals surface area contributed by atoms with Crippen LogP contribution in [0.15, 0.2) is 0 Å². The Balaban J connectivity index is 0. The van der Waals surface area contributed by atoms with Gasteiger partial charge in [-0.05, 0) is 0 Å². The first-order valence-corrected chi connectivity index (χ1v) is 2.71. The monoisotopic (exact) mass is 110 g/mol. The Labute approximate surface area is 63.4 Å². The van der Waals surface area contributed by atoms with Crippen molar-refractivity contribution < 1.29 is 0 Å². The molecule has 0 aromatic rings. The van der Waals surface area contributed by atoms with Crippen molar-refractivity contribution in [2.45, 2.75) is 19.9 Å². The Morgan fingerprint density at radius 1 is 1.50 bits per heavy atom. The van der Waals surface area contributed by atoms with Crippen molar-refractivity contribution in [1.29, 1.82) is 0 Å². The van der Waals surface area contributed by atoms with E-state index in [1.54, 1.807) is 0 Å². The molecule has 0 aliphatic heterocycles. The van der Waals surface area contributed by atoms with Crippen LogP contribution in [-0.2, 0) is 0 Å². The summed E-state index contributed by atoms with van der Waals surface area (Å²) in [6.45, 7) is 5.88. The first-order chi connectivity index (χ1) is 3.27. The van der Waals surface area contributed by atoms with Crippen LogP contribution in [0.25, 0.3) is 0 Å². The van der Waals surface area contributed by atoms with Gasteiger partial charge in [0.15, 0.2) is 0 Å². The number of hydrogen-bond donors (Lipinski definition) is 2. The van der Waals surface area contributed by atoms with Crippen molar-refractivity contribution in [3.05, 3.63) is 0 Å². The van der Waals surface area contributed by atoms with Crippen LogP contribution >= 0.6 is 0 Å². The maximum absolute atomic E-state index is 5.21. The van der Waals surface area contributed by atoms with Gasteiger partial charge in [-0.25, -0.2) is 0 Å². The first kappa shape index (κ1) is 11.3.